The lowest BCUT2D eigenvalue weighted by molar-refractivity contribution is -0.189. The van der Waals surface area contributed by atoms with Crippen LogP contribution in [0.15, 0.2) is 16.9 Å². The summed E-state index contributed by atoms with van der Waals surface area (Å²) in [5.41, 5.74) is 2.44. The molecule has 2 aliphatic heterocycles. The summed E-state index contributed by atoms with van der Waals surface area (Å²) in [6.45, 7) is 7.25. The summed E-state index contributed by atoms with van der Waals surface area (Å²) in [6.07, 6.45) is 2.76. The fourth-order valence-corrected chi connectivity index (χ4v) is 7.60. The zero-order valence-corrected chi connectivity index (χ0v) is 30.3. The van der Waals surface area contributed by atoms with Crippen LogP contribution in [0.5, 0.6) is 0 Å². The zero-order chi connectivity index (χ0) is 37.2. The van der Waals surface area contributed by atoms with E-state index in [1.807, 2.05) is 6.92 Å². The summed E-state index contributed by atoms with van der Waals surface area (Å²) in [6, 6.07) is 2.68. The number of aromatic nitrogens is 2. The predicted octanol–water partition coefficient (Wildman–Crippen LogP) is 3.17. The second-order valence-corrected chi connectivity index (χ2v) is 13.8. The fourth-order valence-electron chi connectivity index (χ4n) is 7.60. The second kappa shape index (κ2) is 16.1. The number of carbonyl (C=O) groups excluding carboxylic acids is 2. The van der Waals surface area contributed by atoms with Crippen LogP contribution in [0, 0.1) is 12.7 Å². The second-order valence-electron chi connectivity index (χ2n) is 13.8. The highest BCUT2D eigenvalue weighted by Gasteiger charge is 2.46. The number of hydrogen-bond acceptors (Lipinski definition) is 11. The molecule has 3 aromatic rings. The molecule has 1 amide bonds. The number of amides is 1. The normalized spacial score (nSPS) is 19.9. The Balaban J connectivity index is 1.13. The van der Waals surface area contributed by atoms with Gasteiger partial charge in [-0.25, -0.2) is 14.2 Å². The third-order valence-corrected chi connectivity index (χ3v) is 10.7. The molecule has 0 fully saturated rings. The number of aliphatic hydroxyl groups is 2. The number of halogens is 1. The SMILES string of the molecule is CCC(CO)OC(COCCNCCCCC(=O)N[C@H]1CCc2c(C)c(F)cc3nc4c(c1c23)Cn1c-4cc2c(c1=O)COC(=O)C2(O)CC)OC. The molecule has 2 aromatic heterocycles. The molecule has 0 saturated heterocycles. The van der Waals surface area contributed by atoms with Gasteiger partial charge in [-0.2, -0.15) is 0 Å². The molecule has 3 unspecified atom stereocenters. The molecule has 14 heteroatoms. The van der Waals surface area contributed by atoms with Crippen molar-refractivity contribution in [1.29, 1.82) is 0 Å². The number of nitrogens with one attached hydrogen (secondary N) is 2. The summed E-state index contributed by atoms with van der Waals surface area (Å²) in [5.74, 6) is -1.27. The number of esters is 1. The van der Waals surface area contributed by atoms with Gasteiger partial charge in [0.2, 0.25) is 5.91 Å². The van der Waals surface area contributed by atoms with Crippen LogP contribution in [0.4, 0.5) is 4.39 Å². The minimum absolute atomic E-state index is 0.0226. The number of benzene rings is 1. The van der Waals surface area contributed by atoms with Gasteiger partial charge in [-0.05, 0) is 74.8 Å². The van der Waals surface area contributed by atoms with Crippen molar-refractivity contribution in [2.75, 3.05) is 40.0 Å². The molecule has 0 saturated carbocycles. The van der Waals surface area contributed by atoms with E-state index in [0.29, 0.717) is 74.3 Å². The van der Waals surface area contributed by atoms with Gasteiger partial charge in [-0.15, -0.1) is 0 Å². The number of carbonyl (C=O) groups is 2. The number of unbranched alkanes of at least 4 members (excludes halogenated alkanes) is 1. The third kappa shape index (κ3) is 7.12. The van der Waals surface area contributed by atoms with Crippen molar-refractivity contribution in [3.05, 3.63) is 61.7 Å². The van der Waals surface area contributed by atoms with Crippen LogP contribution in [0.25, 0.3) is 22.3 Å². The molecule has 52 heavy (non-hydrogen) atoms. The highest BCUT2D eigenvalue weighted by molar-refractivity contribution is 5.94. The lowest BCUT2D eigenvalue weighted by atomic mass is 9.81. The fraction of sp³-hybridized carbons (Fsp3) is 0.579. The molecule has 1 aromatic carbocycles. The van der Waals surface area contributed by atoms with Crippen molar-refractivity contribution in [3.63, 3.8) is 0 Å². The van der Waals surface area contributed by atoms with Gasteiger partial charge in [0.1, 0.15) is 12.4 Å². The molecule has 1 aliphatic carbocycles. The first-order valence-electron chi connectivity index (χ1n) is 18.2. The van der Waals surface area contributed by atoms with Crippen LogP contribution in [0.2, 0.25) is 0 Å². The number of fused-ring (bicyclic) bond motifs is 5. The van der Waals surface area contributed by atoms with Crippen LogP contribution < -0.4 is 16.2 Å². The number of nitrogens with zero attached hydrogens (tertiary/aromatic N) is 2. The average molecular weight is 725 g/mol. The van der Waals surface area contributed by atoms with Crippen molar-refractivity contribution in [1.82, 2.24) is 20.2 Å². The number of hydrogen-bond donors (Lipinski definition) is 4. The van der Waals surface area contributed by atoms with Crippen molar-refractivity contribution < 1.29 is 43.1 Å². The van der Waals surface area contributed by atoms with Gasteiger partial charge in [0.05, 0.1) is 61.0 Å². The van der Waals surface area contributed by atoms with Crippen LogP contribution in [-0.4, -0.2) is 84.1 Å². The summed E-state index contributed by atoms with van der Waals surface area (Å²) in [7, 11) is 1.54. The molecule has 282 valence electrons. The van der Waals surface area contributed by atoms with E-state index in [1.165, 1.54) is 13.2 Å². The molecular formula is C38H49FN4O9. The number of pyridine rings is 2. The Kier molecular flexibility index (Phi) is 11.7. The Morgan fingerprint density at radius 2 is 2.00 bits per heavy atom. The number of ether oxygens (including phenoxy) is 4. The minimum atomic E-state index is -1.96. The maximum Gasteiger partial charge on any atom is 0.343 e. The highest BCUT2D eigenvalue weighted by Crippen LogP contribution is 2.46. The number of cyclic esters (lactones) is 1. The van der Waals surface area contributed by atoms with E-state index in [9.17, 15) is 24.6 Å². The molecule has 4 N–H and O–H groups in total. The monoisotopic (exact) mass is 724 g/mol. The Bertz CT molecular complexity index is 1890. The molecule has 4 heterocycles. The summed E-state index contributed by atoms with van der Waals surface area (Å²) >= 11 is 0. The van der Waals surface area contributed by atoms with E-state index in [2.05, 4.69) is 10.6 Å². The van der Waals surface area contributed by atoms with E-state index < -0.39 is 17.9 Å². The lowest BCUT2D eigenvalue weighted by Crippen LogP contribution is -2.44. The van der Waals surface area contributed by atoms with Crippen LogP contribution in [-0.2, 0) is 53.7 Å². The van der Waals surface area contributed by atoms with Crippen molar-refractivity contribution in [2.45, 2.75) is 103 Å². The van der Waals surface area contributed by atoms with Crippen LogP contribution in [0.1, 0.15) is 91.8 Å². The van der Waals surface area contributed by atoms with Crippen LogP contribution >= 0.6 is 0 Å². The largest absolute Gasteiger partial charge is 0.458 e. The van der Waals surface area contributed by atoms with Gasteiger partial charge < -0.3 is 44.4 Å². The molecule has 3 aliphatic rings. The summed E-state index contributed by atoms with van der Waals surface area (Å²) < 4.78 is 38.5. The van der Waals surface area contributed by atoms with E-state index >= 15 is 4.39 Å². The van der Waals surface area contributed by atoms with E-state index in [-0.39, 0.29) is 73.3 Å². The van der Waals surface area contributed by atoms with Crippen molar-refractivity contribution in [2.24, 2.45) is 0 Å². The molecular weight excluding hydrogens is 675 g/mol. The smallest absolute Gasteiger partial charge is 0.343 e. The summed E-state index contributed by atoms with van der Waals surface area (Å²) in [5, 5.41) is 28.0. The molecule has 0 spiro atoms. The maximum absolute atomic E-state index is 15.2. The van der Waals surface area contributed by atoms with Gasteiger partial charge in [0.15, 0.2) is 11.9 Å². The molecule has 0 bridgehead atoms. The first-order valence-corrected chi connectivity index (χ1v) is 18.2. The number of aliphatic hydroxyl groups excluding tert-OH is 1. The predicted molar refractivity (Wildman–Crippen MR) is 189 cm³/mol. The van der Waals surface area contributed by atoms with Crippen LogP contribution in [0.3, 0.4) is 0 Å². The number of methoxy groups -OCH3 is 1. The van der Waals surface area contributed by atoms with Gasteiger partial charge in [-0.1, -0.05) is 13.8 Å². The Morgan fingerprint density at radius 1 is 1.19 bits per heavy atom. The topological polar surface area (TPSA) is 170 Å². The number of aryl methyl sites for hydroxylation is 1. The maximum atomic E-state index is 15.2. The first kappa shape index (κ1) is 38.0. The van der Waals surface area contributed by atoms with Gasteiger partial charge in [-0.3, -0.25) is 9.59 Å². The lowest BCUT2D eigenvalue weighted by Gasteiger charge is -2.31. The summed E-state index contributed by atoms with van der Waals surface area (Å²) in [4.78, 5) is 44.7. The number of rotatable bonds is 17. The van der Waals surface area contributed by atoms with Crippen molar-refractivity contribution in [3.8, 4) is 11.4 Å². The standard InChI is InChI=1S/C38H49FN4O9/c1-5-22(18-44)52-32(49-4)20-50-14-13-40-12-8-7-9-31(45)41-28-11-10-23-21(3)27(39)16-29-33(23)34(28)24-17-43-30(35(24)42-29)15-26-25(36(43)46)19-51-37(47)38(26,48)6-2/h15-16,22,28,32,40,44,48H,5-14,17-20H2,1-4H3,(H,41,45)/t22?,28-,32?,38?/m0/s1. The zero-order valence-electron chi connectivity index (χ0n) is 30.3. The molecule has 13 nitrogen and oxygen atoms in total. The Hall–Kier alpha value is -3.79. The van der Waals surface area contributed by atoms with E-state index in [1.54, 1.807) is 24.5 Å². The Morgan fingerprint density at radius 3 is 2.73 bits per heavy atom. The first-order chi connectivity index (χ1) is 25.1. The average Bonchev–Trinajstić information content (AvgIpc) is 3.51. The van der Waals surface area contributed by atoms with Gasteiger partial charge in [0.25, 0.3) is 5.56 Å². The van der Waals surface area contributed by atoms with Gasteiger partial charge in [0, 0.05) is 42.7 Å². The minimum Gasteiger partial charge on any atom is -0.458 e. The highest BCUT2D eigenvalue weighted by atomic mass is 19.1. The third-order valence-electron chi connectivity index (χ3n) is 10.7. The van der Waals surface area contributed by atoms with Crippen molar-refractivity contribution >= 4 is 22.8 Å². The molecule has 0 radical (unpaired) electrons. The van der Waals surface area contributed by atoms with E-state index in [4.69, 9.17) is 23.9 Å². The molecule has 4 atom stereocenters. The quantitative estimate of drug-likeness (QED) is 0.0717. The molecule has 6 rings (SSSR count). The van der Waals surface area contributed by atoms with Gasteiger partial charge >= 0.3 is 5.97 Å². The Labute approximate surface area is 301 Å². The van der Waals surface area contributed by atoms with E-state index in [0.717, 1.165) is 28.5 Å².